The molecule has 0 aliphatic carbocycles. The van der Waals surface area contributed by atoms with Crippen LogP contribution in [0.15, 0.2) is 51.4 Å². The van der Waals surface area contributed by atoms with E-state index in [4.69, 9.17) is 4.74 Å². The third kappa shape index (κ3) is 3.75. The fourth-order valence-electron chi connectivity index (χ4n) is 1.60. The zero-order chi connectivity index (χ0) is 13.0. The fourth-order valence-corrected chi connectivity index (χ4v) is 2.90. The quantitative estimate of drug-likeness (QED) is 0.831. The molecular formula is C14H13Br2NO. The highest BCUT2D eigenvalue weighted by Gasteiger charge is 1.98. The first kappa shape index (κ1) is 13.4. The number of halogens is 2. The van der Waals surface area contributed by atoms with Crippen LogP contribution in [0.25, 0.3) is 0 Å². The number of hydrogen-bond donors (Lipinski definition) is 1. The van der Waals surface area contributed by atoms with Crippen LogP contribution >= 0.6 is 31.9 Å². The Kier molecular flexibility index (Phi) is 4.66. The van der Waals surface area contributed by atoms with Crippen molar-refractivity contribution in [2.24, 2.45) is 0 Å². The van der Waals surface area contributed by atoms with Crippen LogP contribution in [-0.2, 0) is 6.54 Å². The number of rotatable bonds is 4. The second kappa shape index (κ2) is 6.25. The minimum atomic E-state index is 0.785. The van der Waals surface area contributed by atoms with E-state index in [-0.39, 0.29) is 0 Å². The summed E-state index contributed by atoms with van der Waals surface area (Å²) in [6, 6.07) is 14.2. The molecule has 0 radical (unpaired) electrons. The van der Waals surface area contributed by atoms with Crippen LogP contribution in [0.3, 0.4) is 0 Å². The molecule has 2 aromatic rings. The van der Waals surface area contributed by atoms with Gasteiger partial charge in [-0.2, -0.15) is 0 Å². The van der Waals surface area contributed by atoms with Crippen molar-refractivity contribution in [1.82, 2.24) is 0 Å². The van der Waals surface area contributed by atoms with E-state index in [2.05, 4.69) is 49.3 Å². The first-order valence-electron chi connectivity index (χ1n) is 5.50. The molecule has 0 aliphatic heterocycles. The topological polar surface area (TPSA) is 21.3 Å². The number of hydrogen-bond acceptors (Lipinski definition) is 2. The van der Waals surface area contributed by atoms with Crippen molar-refractivity contribution in [3.8, 4) is 5.75 Å². The Labute approximate surface area is 124 Å². The molecule has 2 nitrogen and oxygen atoms in total. The highest BCUT2D eigenvalue weighted by Crippen LogP contribution is 2.23. The summed E-state index contributed by atoms with van der Waals surface area (Å²) in [7, 11) is 1.67. The summed E-state index contributed by atoms with van der Waals surface area (Å²) in [5, 5.41) is 3.38. The molecule has 94 valence electrons. The fraction of sp³-hybridized carbons (Fsp3) is 0.143. The molecule has 0 spiro atoms. The third-order valence-corrected chi connectivity index (χ3v) is 3.43. The molecule has 0 atom stereocenters. The Balaban J connectivity index is 2.01. The number of nitrogens with one attached hydrogen (secondary N) is 1. The van der Waals surface area contributed by atoms with Gasteiger partial charge in [-0.1, -0.05) is 44.0 Å². The summed E-state index contributed by atoms with van der Waals surface area (Å²) in [5.74, 6) is 0.879. The summed E-state index contributed by atoms with van der Waals surface area (Å²) in [6.45, 7) is 0.785. The SMILES string of the molecule is COc1ccc(CNc2cc(Br)cc(Br)c2)cc1. The molecule has 0 heterocycles. The van der Waals surface area contributed by atoms with Crippen molar-refractivity contribution in [2.75, 3.05) is 12.4 Å². The van der Waals surface area contributed by atoms with Crippen molar-refractivity contribution in [3.05, 3.63) is 57.0 Å². The lowest BCUT2D eigenvalue weighted by Gasteiger charge is -2.08. The highest BCUT2D eigenvalue weighted by molar-refractivity contribution is 9.11. The van der Waals surface area contributed by atoms with E-state index < -0.39 is 0 Å². The molecule has 4 heteroatoms. The molecule has 0 saturated carbocycles. The molecule has 0 aliphatic rings. The summed E-state index contributed by atoms with van der Waals surface area (Å²) < 4.78 is 7.23. The van der Waals surface area contributed by atoms with Gasteiger partial charge >= 0.3 is 0 Å². The number of ether oxygens (including phenoxy) is 1. The lowest BCUT2D eigenvalue weighted by molar-refractivity contribution is 0.414. The standard InChI is InChI=1S/C14H13Br2NO/c1-18-14-4-2-10(3-5-14)9-17-13-7-11(15)6-12(16)8-13/h2-8,17H,9H2,1H3. The summed E-state index contributed by atoms with van der Waals surface area (Å²) in [5.41, 5.74) is 2.29. The largest absolute Gasteiger partial charge is 0.497 e. The van der Waals surface area contributed by atoms with Gasteiger partial charge in [-0.3, -0.25) is 0 Å². The zero-order valence-electron chi connectivity index (χ0n) is 9.91. The van der Waals surface area contributed by atoms with E-state index in [1.54, 1.807) is 7.11 Å². The molecule has 0 bridgehead atoms. The van der Waals surface area contributed by atoms with E-state index >= 15 is 0 Å². The van der Waals surface area contributed by atoms with Gasteiger partial charge in [0.15, 0.2) is 0 Å². The normalized spacial score (nSPS) is 10.2. The minimum Gasteiger partial charge on any atom is -0.497 e. The Morgan fingerprint density at radius 1 is 1.00 bits per heavy atom. The van der Waals surface area contributed by atoms with Crippen LogP contribution in [0, 0.1) is 0 Å². The van der Waals surface area contributed by atoms with Crippen LogP contribution in [0.2, 0.25) is 0 Å². The number of methoxy groups -OCH3 is 1. The van der Waals surface area contributed by atoms with E-state index in [0.29, 0.717) is 0 Å². The smallest absolute Gasteiger partial charge is 0.118 e. The van der Waals surface area contributed by atoms with Gasteiger partial charge in [0.2, 0.25) is 0 Å². The molecular weight excluding hydrogens is 358 g/mol. The van der Waals surface area contributed by atoms with Crippen LogP contribution in [0.5, 0.6) is 5.75 Å². The highest BCUT2D eigenvalue weighted by atomic mass is 79.9. The predicted octanol–water partition coefficient (Wildman–Crippen LogP) is 4.83. The third-order valence-electron chi connectivity index (χ3n) is 2.52. The average molecular weight is 371 g/mol. The van der Waals surface area contributed by atoms with E-state index in [9.17, 15) is 0 Å². The van der Waals surface area contributed by atoms with Crippen LogP contribution < -0.4 is 10.1 Å². The summed E-state index contributed by atoms with van der Waals surface area (Å²) in [6.07, 6.45) is 0. The van der Waals surface area contributed by atoms with Gasteiger partial charge in [0, 0.05) is 21.2 Å². The predicted molar refractivity (Wildman–Crippen MR) is 82.2 cm³/mol. The molecule has 1 N–H and O–H groups in total. The van der Waals surface area contributed by atoms with Crippen molar-refractivity contribution in [2.45, 2.75) is 6.54 Å². The van der Waals surface area contributed by atoms with Gasteiger partial charge in [-0.25, -0.2) is 0 Å². The van der Waals surface area contributed by atoms with E-state index in [1.807, 2.05) is 30.3 Å². The Hall–Kier alpha value is -1.00. The van der Waals surface area contributed by atoms with Gasteiger partial charge < -0.3 is 10.1 Å². The van der Waals surface area contributed by atoms with Crippen LogP contribution in [0.4, 0.5) is 5.69 Å². The van der Waals surface area contributed by atoms with Crippen LogP contribution in [-0.4, -0.2) is 7.11 Å². The number of benzene rings is 2. The summed E-state index contributed by atoms with van der Waals surface area (Å²) in [4.78, 5) is 0. The molecule has 18 heavy (non-hydrogen) atoms. The van der Waals surface area contributed by atoms with E-state index in [1.165, 1.54) is 5.56 Å². The van der Waals surface area contributed by atoms with E-state index in [0.717, 1.165) is 26.9 Å². The monoisotopic (exact) mass is 369 g/mol. The van der Waals surface area contributed by atoms with Gasteiger partial charge in [-0.05, 0) is 35.9 Å². The lowest BCUT2D eigenvalue weighted by Crippen LogP contribution is -1.99. The Morgan fingerprint density at radius 2 is 1.61 bits per heavy atom. The molecule has 0 saturated heterocycles. The maximum atomic E-state index is 5.13. The second-order valence-corrected chi connectivity index (χ2v) is 5.69. The van der Waals surface area contributed by atoms with Crippen molar-refractivity contribution in [3.63, 3.8) is 0 Å². The van der Waals surface area contributed by atoms with Gasteiger partial charge in [0.25, 0.3) is 0 Å². The number of anilines is 1. The molecule has 2 aromatic carbocycles. The first-order valence-corrected chi connectivity index (χ1v) is 7.09. The van der Waals surface area contributed by atoms with Gasteiger partial charge in [0.1, 0.15) is 5.75 Å². The Morgan fingerprint density at radius 3 is 2.17 bits per heavy atom. The molecule has 0 amide bonds. The Bertz CT molecular complexity index is 506. The van der Waals surface area contributed by atoms with Crippen molar-refractivity contribution < 1.29 is 4.74 Å². The maximum absolute atomic E-state index is 5.13. The first-order chi connectivity index (χ1) is 8.67. The minimum absolute atomic E-state index is 0.785. The van der Waals surface area contributed by atoms with Gasteiger partial charge in [-0.15, -0.1) is 0 Å². The van der Waals surface area contributed by atoms with Crippen LogP contribution in [0.1, 0.15) is 5.56 Å². The van der Waals surface area contributed by atoms with Crippen molar-refractivity contribution >= 4 is 37.5 Å². The molecule has 0 fully saturated rings. The average Bonchev–Trinajstić information content (AvgIpc) is 2.36. The summed E-state index contributed by atoms with van der Waals surface area (Å²) >= 11 is 6.94. The van der Waals surface area contributed by atoms with Gasteiger partial charge in [0.05, 0.1) is 7.11 Å². The molecule has 2 rings (SSSR count). The zero-order valence-corrected chi connectivity index (χ0v) is 13.1. The van der Waals surface area contributed by atoms with Crippen molar-refractivity contribution in [1.29, 1.82) is 0 Å². The maximum Gasteiger partial charge on any atom is 0.118 e. The molecule has 0 unspecified atom stereocenters. The lowest BCUT2D eigenvalue weighted by atomic mass is 10.2. The molecule has 0 aromatic heterocycles. The second-order valence-electron chi connectivity index (χ2n) is 3.86.